The zero-order valence-corrected chi connectivity index (χ0v) is 8.20. The van der Waals surface area contributed by atoms with Gasteiger partial charge in [-0.05, 0) is 31.9 Å². The highest BCUT2D eigenvalue weighted by molar-refractivity contribution is 5.08. The van der Waals surface area contributed by atoms with E-state index in [4.69, 9.17) is 5.11 Å². The van der Waals surface area contributed by atoms with Crippen molar-refractivity contribution in [2.24, 2.45) is 0 Å². The van der Waals surface area contributed by atoms with E-state index in [1.165, 1.54) is 0 Å². The predicted octanol–water partition coefficient (Wildman–Crippen LogP) is 1.14. The van der Waals surface area contributed by atoms with E-state index in [-0.39, 0.29) is 6.61 Å². The summed E-state index contributed by atoms with van der Waals surface area (Å²) in [6.07, 6.45) is 4.52. The van der Waals surface area contributed by atoms with Crippen LogP contribution in [0.2, 0.25) is 0 Å². The fourth-order valence-electron chi connectivity index (χ4n) is 1.13. The van der Waals surface area contributed by atoms with E-state index < -0.39 is 5.60 Å². The molecule has 0 aliphatic rings. The summed E-state index contributed by atoms with van der Waals surface area (Å²) in [5.74, 6) is 0. The molecule has 0 fully saturated rings. The van der Waals surface area contributed by atoms with Crippen LogP contribution in [0, 0.1) is 0 Å². The van der Waals surface area contributed by atoms with Gasteiger partial charge in [0.15, 0.2) is 0 Å². The predicted molar refractivity (Wildman–Crippen MR) is 51.3 cm³/mol. The standard InChI is InChI=1S/C10H17NO2/c1-10(2,13)4-6-11-5-3-9(7-11)8-12/h3,5,7,12-13H,4,6,8H2,1-2H3. The minimum Gasteiger partial charge on any atom is -0.392 e. The summed E-state index contributed by atoms with van der Waals surface area (Å²) in [5.41, 5.74) is 0.291. The molecule has 3 nitrogen and oxygen atoms in total. The van der Waals surface area contributed by atoms with Crippen molar-refractivity contribution in [1.29, 1.82) is 0 Å². The highest BCUT2D eigenvalue weighted by atomic mass is 16.3. The van der Waals surface area contributed by atoms with Crippen LogP contribution < -0.4 is 0 Å². The Morgan fingerprint density at radius 3 is 2.62 bits per heavy atom. The van der Waals surface area contributed by atoms with Crippen LogP contribution in [0.4, 0.5) is 0 Å². The molecule has 0 aromatic carbocycles. The summed E-state index contributed by atoms with van der Waals surface area (Å²) >= 11 is 0. The molecule has 0 aliphatic heterocycles. The van der Waals surface area contributed by atoms with Crippen molar-refractivity contribution in [2.75, 3.05) is 0 Å². The number of hydrogen-bond donors (Lipinski definition) is 2. The number of aliphatic hydroxyl groups is 2. The smallest absolute Gasteiger partial charge is 0.0696 e. The molecule has 74 valence electrons. The second-order valence-corrected chi connectivity index (χ2v) is 3.98. The van der Waals surface area contributed by atoms with E-state index in [0.29, 0.717) is 6.42 Å². The van der Waals surface area contributed by atoms with Gasteiger partial charge in [0.25, 0.3) is 0 Å². The van der Waals surface area contributed by atoms with Crippen molar-refractivity contribution in [3.05, 3.63) is 24.0 Å². The maximum absolute atomic E-state index is 9.48. The van der Waals surface area contributed by atoms with Gasteiger partial charge in [-0.3, -0.25) is 0 Å². The van der Waals surface area contributed by atoms with Crippen LogP contribution in [0.15, 0.2) is 18.5 Å². The highest BCUT2D eigenvalue weighted by Crippen LogP contribution is 2.10. The van der Waals surface area contributed by atoms with Gasteiger partial charge in [0, 0.05) is 18.9 Å². The van der Waals surface area contributed by atoms with Crippen molar-refractivity contribution in [1.82, 2.24) is 4.57 Å². The molecule has 13 heavy (non-hydrogen) atoms. The van der Waals surface area contributed by atoms with Gasteiger partial charge in [0.05, 0.1) is 12.2 Å². The maximum Gasteiger partial charge on any atom is 0.0696 e. The van der Waals surface area contributed by atoms with E-state index in [2.05, 4.69) is 0 Å². The van der Waals surface area contributed by atoms with Crippen LogP contribution in [0.3, 0.4) is 0 Å². The zero-order valence-electron chi connectivity index (χ0n) is 8.20. The third-order valence-corrected chi connectivity index (χ3v) is 1.98. The van der Waals surface area contributed by atoms with Crippen LogP contribution in [-0.4, -0.2) is 20.4 Å². The van der Waals surface area contributed by atoms with Gasteiger partial charge in [-0.2, -0.15) is 0 Å². The zero-order chi connectivity index (χ0) is 9.90. The Morgan fingerprint density at radius 2 is 2.15 bits per heavy atom. The summed E-state index contributed by atoms with van der Waals surface area (Å²) in [7, 11) is 0. The lowest BCUT2D eigenvalue weighted by atomic mass is 10.1. The monoisotopic (exact) mass is 183 g/mol. The minimum absolute atomic E-state index is 0.0789. The van der Waals surface area contributed by atoms with Gasteiger partial charge >= 0.3 is 0 Å². The average molecular weight is 183 g/mol. The summed E-state index contributed by atoms with van der Waals surface area (Å²) in [4.78, 5) is 0. The molecule has 0 amide bonds. The molecule has 1 aromatic heterocycles. The summed E-state index contributed by atoms with van der Waals surface area (Å²) in [5, 5.41) is 18.3. The van der Waals surface area contributed by atoms with Crippen LogP contribution in [0.5, 0.6) is 0 Å². The summed E-state index contributed by atoms with van der Waals surface area (Å²) in [6.45, 7) is 4.45. The molecule has 3 heteroatoms. The lowest BCUT2D eigenvalue weighted by molar-refractivity contribution is 0.0662. The van der Waals surface area contributed by atoms with Crippen molar-refractivity contribution in [2.45, 2.75) is 39.0 Å². The quantitative estimate of drug-likeness (QED) is 0.735. The molecule has 0 unspecified atom stereocenters. The molecule has 0 saturated carbocycles. The number of aryl methyl sites for hydroxylation is 1. The Kier molecular flexibility index (Phi) is 3.12. The van der Waals surface area contributed by atoms with Gasteiger partial charge in [-0.15, -0.1) is 0 Å². The largest absolute Gasteiger partial charge is 0.392 e. The highest BCUT2D eigenvalue weighted by Gasteiger charge is 2.11. The molecule has 0 bridgehead atoms. The fraction of sp³-hybridized carbons (Fsp3) is 0.600. The number of hydrogen-bond acceptors (Lipinski definition) is 2. The lowest BCUT2D eigenvalue weighted by Gasteiger charge is -2.16. The molecule has 0 radical (unpaired) electrons. The van der Waals surface area contributed by atoms with E-state index in [0.717, 1.165) is 12.1 Å². The molecule has 1 heterocycles. The average Bonchev–Trinajstić information content (AvgIpc) is 2.47. The van der Waals surface area contributed by atoms with Crippen molar-refractivity contribution >= 4 is 0 Å². The number of aromatic nitrogens is 1. The first-order valence-electron chi connectivity index (χ1n) is 4.49. The topological polar surface area (TPSA) is 45.4 Å². The normalized spacial score (nSPS) is 12.0. The lowest BCUT2D eigenvalue weighted by Crippen LogP contribution is -2.20. The van der Waals surface area contributed by atoms with Gasteiger partial charge < -0.3 is 14.8 Å². The molecule has 2 N–H and O–H groups in total. The van der Waals surface area contributed by atoms with Crippen LogP contribution in [0.25, 0.3) is 0 Å². The van der Waals surface area contributed by atoms with Gasteiger partial charge in [-0.25, -0.2) is 0 Å². The van der Waals surface area contributed by atoms with Gasteiger partial charge in [-0.1, -0.05) is 0 Å². The second-order valence-electron chi connectivity index (χ2n) is 3.98. The van der Waals surface area contributed by atoms with E-state index in [1.54, 1.807) is 13.8 Å². The minimum atomic E-state index is -0.621. The Bertz CT molecular complexity index is 260. The van der Waals surface area contributed by atoms with Crippen molar-refractivity contribution in [3.63, 3.8) is 0 Å². The van der Waals surface area contributed by atoms with Crippen molar-refractivity contribution < 1.29 is 10.2 Å². The van der Waals surface area contributed by atoms with E-state index >= 15 is 0 Å². The fourth-order valence-corrected chi connectivity index (χ4v) is 1.13. The third kappa shape index (κ3) is 3.61. The van der Waals surface area contributed by atoms with Crippen LogP contribution in [0.1, 0.15) is 25.8 Å². The molecular weight excluding hydrogens is 166 g/mol. The number of nitrogens with zero attached hydrogens (tertiary/aromatic N) is 1. The van der Waals surface area contributed by atoms with E-state index in [9.17, 15) is 5.11 Å². The first-order chi connectivity index (χ1) is 6.01. The second kappa shape index (κ2) is 3.94. The molecule has 0 atom stereocenters. The summed E-state index contributed by atoms with van der Waals surface area (Å²) < 4.78 is 1.98. The molecule has 0 spiro atoms. The SMILES string of the molecule is CC(C)(O)CCn1ccc(CO)c1. The third-order valence-electron chi connectivity index (χ3n) is 1.98. The Morgan fingerprint density at radius 1 is 1.46 bits per heavy atom. The van der Waals surface area contributed by atoms with Crippen molar-refractivity contribution in [3.8, 4) is 0 Å². The molecule has 1 rings (SSSR count). The Hall–Kier alpha value is -0.800. The van der Waals surface area contributed by atoms with Gasteiger partial charge in [0.2, 0.25) is 0 Å². The Labute approximate surface area is 78.6 Å². The molecule has 0 aliphatic carbocycles. The van der Waals surface area contributed by atoms with E-state index in [1.807, 2.05) is 23.0 Å². The van der Waals surface area contributed by atoms with Gasteiger partial charge in [0.1, 0.15) is 0 Å². The Balaban J connectivity index is 2.46. The number of aliphatic hydroxyl groups excluding tert-OH is 1. The summed E-state index contributed by atoms with van der Waals surface area (Å²) in [6, 6.07) is 1.88. The molecular formula is C10H17NO2. The number of rotatable bonds is 4. The van der Waals surface area contributed by atoms with Crippen LogP contribution >= 0.6 is 0 Å². The first-order valence-corrected chi connectivity index (χ1v) is 4.49. The maximum atomic E-state index is 9.48. The van der Waals surface area contributed by atoms with Crippen LogP contribution in [-0.2, 0) is 13.2 Å². The first kappa shape index (κ1) is 10.3. The molecule has 0 saturated heterocycles. The molecule has 1 aromatic rings.